The molecule has 0 unspecified atom stereocenters. The fraction of sp³-hybridized carbons (Fsp3) is 0.160. The van der Waals surface area contributed by atoms with Gasteiger partial charge in [0.2, 0.25) is 0 Å². The summed E-state index contributed by atoms with van der Waals surface area (Å²) in [7, 11) is 0. The van der Waals surface area contributed by atoms with Crippen molar-refractivity contribution in [3.8, 4) is 5.75 Å². The number of hydrogen-bond acceptors (Lipinski definition) is 2. The van der Waals surface area contributed by atoms with Gasteiger partial charge in [0.15, 0.2) is 0 Å². The van der Waals surface area contributed by atoms with Crippen molar-refractivity contribution >= 4 is 50.8 Å². The average molecular weight is 483 g/mol. The number of nitrogens with zero attached hydrogens (tertiary/aromatic N) is 1. The number of carbonyl (C=O) groups excluding carboxylic acids is 1. The zero-order valence-corrected chi connectivity index (χ0v) is 18.9. The summed E-state index contributed by atoms with van der Waals surface area (Å²) in [5.74, 6) is 0.751. The Bertz CT molecular complexity index is 1110. The molecular formula is C25H21BrClNO2. The number of amides is 1. The number of anilines is 1. The Labute approximate surface area is 190 Å². The van der Waals surface area contributed by atoms with Crippen LogP contribution in [0.2, 0.25) is 5.02 Å². The van der Waals surface area contributed by atoms with Gasteiger partial charge in [-0.3, -0.25) is 4.79 Å². The number of carbonyl (C=O) groups is 1. The maximum absolute atomic E-state index is 13.2. The van der Waals surface area contributed by atoms with E-state index in [2.05, 4.69) is 22.9 Å². The van der Waals surface area contributed by atoms with E-state index in [1.807, 2.05) is 77.7 Å². The van der Waals surface area contributed by atoms with Gasteiger partial charge in [0.1, 0.15) is 12.4 Å². The Morgan fingerprint density at radius 1 is 1.07 bits per heavy atom. The van der Waals surface area contributed by atoms with E-state index in [1.165, 1.54) is 0 Å². The highest BCUT2D eigenvalue weighted by atomic mass is 79.9. The van der Waals surface area contributed by atoms with Crippen LogP contribution in [0.15, 0.2) is 71.2 Å². The highest BCUT2D eigenvalue weighted by Gasteiger charge is 2.31. The molecule has 30 heavy (non-hydrogen) atoms. The van der Waals surface area contributed by atoms with E-state index in [0.717, 1.165) is 39.0 Å². The minimum absolute atomic E-state index is 0.0293. The quantitative estimate of drug-likeness (QED) is 0.355. The summed E-state index contributed by atoms with van der Waals surface area (Å²) in [6, 6.07) is 21.4. The third kappa shape index (κ3) is 4.30. The summed E-state index contributed by atoms with van der Waals surface area (Å²) < 4.78 is 7.02. The van der Waals surface area contributed by atoms with E-state index < -0.39 is 0 Å². The van der Waals surface area contributed by atoms with Gasteiger partial charge < -0.3 is 9.64 Å². The lowest BCUT2D eigenvalue weighted by atomic mass is 10.0. The molecule has 3 aromatic carbocycles. The van der Waals surface area contributed by atoms with Crippen molar-refractivity contribution in [3.63, 3.8) is 0 Å². The third-order valence-electron chi connectivity index (χ3n) is 4.99. The van der Waals surface area contributed by atoms with Crippen LogP contribution in [0, 0.1) is 0 Å². The van der Waals surface area contributed by atoms with Gasteiger partial charge in [-0.05, 0) is 54.5 Å². The van der Waals surface area contributed by atoms with Gasteiger partial charge in [-0.2, -0.15) is 0 Å². The Hall–Kier alpha value is -2.56. The van der Waals surface area contributed by atoms with Gasteiger partial charge in [0.05, 0.1) is 5.69 Å². The topological polar surface area (TPSA) is 29.5 Å². The smallest absolute Gasteiger partial charge is 0.258 e. The van der Waals surface area contributed by atoms with Crippen LogP contribution in [0.5, 0.6) is 5.75 Å². The molecule has 0 aliphatic carbocycles. The molecule has 0 spiro atoms. The summed E-state index contributed by atoms with van der Waals surface area (Å²) in [6.45, 7) is 3.20. The lowest BCUT2D eigenvalue weighted by Crippen LogP contribution is -2.26. The van der Waals surface area contributed by atoms with Crippen molar-refractivity contribution in [1.29, 1.82) is 0 Å². The Morgan fingerprint density at radius 2 is 1.83 bits per heavy atom. The summed E-state index contributed by atoms with van der Waals surface area (Å²) >= 11 is 9.50. The van der Waals surface area contributed by atoms with Crippen molar-refractivity contribution in [2.24, 2.45) is 0 Å². The van der Waals surface area contributed by atoms with Gasteiger partial charge in [0.25, 0.3) is 5.91 Å². The molecule has 3 aromatic rings. The molecule has 1 amide bonds. The molecule has 0 radical (unpaired) electrons. The molecule has 0 fully saturated rings. The van der Waals surface area contributed by atoms with E-state index in [9.17, 15) is 4.79 Å². The monoisotopic (exact) mass is 481 g/mol. The second kappa shape index (κ2) is 9.07. The number of ether oxygens (including phenoxy) is 1. The first-order chi connectivity index (χ1) is 14.6. The van der Waals surface area contributed by atoms with Gasteiger partial charge in [-0.25, -0.2) is 0 Å². The molecule has 5 heteroatoms. The number of fused-ring (bicyclic) bond motifs is 1. The summed E-state index contributed by atoms with van der Waals surface area (Å²) in [4.78, 5) is 15.0. The highest BCUT2D eigenvalue weighted by Crippen LogP contribution is 2.39. The molecule has 3 nitrogen and oxygen atoms in total. The SMILES string of the molecule is CCCN1C(=O)/C(=C\c2cc(Br)ccc2OCc2ccc(Cl)cc2)c2ccccc21. The summed E-state index contributed by atoms with van der Waals surface area (Å²) in [5.41, 5.74) is 4.49. The van der Waals surface area contributed by atoms with Crippen LogP contribution in [0.1, 0.15) is 30.0 Å². The first kappa shape index (κ1) is 20.7. The molecule has 0 saturated carbocycles. The van der Waals surface area contributed by atoms with Crippen molar-refractivity contribution in [1.82, 2.24) is 0 Å². The van der Waals surface area contributed by atoms with Gasteiger partial charge in [-0.1, -0.05) is 64.8 Å². The summed E-state index contributed by atoms with van der Waals surface area (Å²) in [5, 5.41) is 0.697. The standard InChI is InChI=1S/C25H21BrClNO2/c1-2-13-28-23-6-4-3-5-21(23)22(25(28)29)15-18-14-19(26)9-12-24(18)30-16-17-7-10-20(27)11-8-17/h3-12,14-15H,2,13,16H2,1H3/b22-15-. The molecule has 0 bridgehead atoms. The van der Waals surface area contributed by atoms with Gasteiger partial charge in [-0.15, -0.1) is 0 Å². The zero-order chi connectivity index (χ0) is 21.1. The van der Waals surface area contributed by atoms with Crippen LogP contribution in [0.3, 0.4) is 0 Å². The van der Waals surface area contributed by atoms with Crippen LogP contribution in [0.25, 0.3) is 11.6 Å². The largest absolute Gasteiger partial charge is 0.488 e. The molecule has 0 atom stereocenters. The first-order valence-corrected chi connectivity index (χ1v) is 11.0. The Balaban J connectivity index is 1.68. The Morgan fingerprint density at radius 3 is 2.60 bits per heavy atom. The van der Waals surface area contributed by atoms with Crippen LogP contribution in [-0.4, -0.2) is 12.5 Å². The third-order valence-corrected chi connectivity index (χ3v) is 5.73. The maximum atomic E-state index is 13.2. The number of hydrogen-bond donors (Lipinski definition) is 0. The number of rotatable bonds is 6. The minimum atomic E-state index is 0.0293. The van der Waals surface area contributed by atoms with Crippen molar-refractivity contribution in [2.75, 3.05) is 11.4 Å². The van der Waals surface area contributed by atoms with E-state index in [4.69, 9.17) is 16.3 Å². The number of halogens is 2. The molecule has 0 saturated heterocycles. The van der Waals surface area contributed by atoms with Crippen LogP contribution < -0.4 is 9.64 Å². The second-order valence-electron chi connectivity index (χ2n) is 7.13. The second-order valence-corrected chi connectivity index (χ2v) is 8.48. The first-order valence-electron chi connectivity index (χ1n) is 9.86. The van der Waals surface area contributed by atoms with E-state index in [-0.39, 0.29) is 5.91 Å². The molecule has 1 aliphatic heterocycles. The minimum Gasteiger partial charge on any atom is -0.488 e. The maximum Gasteiger partial charge on any atom is 0.258 e. The summed E-state index contributed by atoms with van der Waals surface area (Å²) in [6.07, 6.45) is 2.83. The van der Waals surface area contributed by atoms with Crippen molar-refractivity contribution < 1.29 is 9.53 Å². The lowest BCUT2D eigenvalue weighted by Gasteiger charge is -2.15. The van der Waals surface area contributed by atoms with Crippen LogP contribution >= 0.6 is 27.5 Å². The average Bonchev–Trinajstić information content (AvgIpc) is 3.01. The molecule has 0 aromatic heterocycles. The molecular weight excluding hydrogens is 462 g/mol. The fourth-order valence-corrected chi connectivity index (χ4v) is 4.06. The predicted octanol–water partition coefficient (Wildman–Crippen LogP) is 6.98. The molecule has 1 heterocycles. The van der Waals surface area contributed by atoms with Crippen molar-refractivity contribution in [2.45, 2.75) is 20.0 Å². The zero-order valence-electron chi connectivity index (χ0n) is 16.6. The normalized spacial score (nSPS) is 14.3. The van der Waals surface area contributed by atoms with E-state index in [1.54, 1.807) is 0 Å². The molecule has 0 N–H and O–H groups in total. The van der Waals surface area contributed by atoms with Crippen molar-refractivity contribution in [3.05, 3.63) is 92.9 Å². The number of benzene rings is 3. The Kier molecular flexibility index (Phi) is 6.26. The van der Waals surface area contributed by atoms with E-state index >= 15 is 0 Å². The molecule has 1 aliphatic rings. The molecule has 4 rings (SSSR count). The fourth-order valence-electron chi connectivity index (χ4n) is 3.55. The van der Waals surface area contributed by atoms with Crippen LogP contribution in [-0.2, 0) is 11.4 Å². The van der Waals surface area contributed by atoms with Gasteiger partial charge in [0, 0.05) is 32.7 Å². The van der Waals surface area contributed by atoms with Crippen LogP contribution in [0.4, 0.5) is 5.69 Å². The lowest BCUT2D eigenvalue weighted by molar-refractivity contribution is -0.113. The predicted molar refractivity (Wildman–Crippen MR) is 127 cm³/mol. The number of para-hydroxylation sites is 1. The highest BCUT2D eigenvalue weighted by molar-refractivity contribution is 9.10. The van der Waals surface area contributed by atoms with E-state index in [0.29, 0.717) is 23.7 Å². The van der Waals surface area contributed by atoms with Gasteiger partial charge >= 0.3 is 0 Å². The molecule has 152 valence electrons.